The maximum atomic E-state index is 12.9. The van der Waals surface area contributed by atoms with Gasteiger partial charge >= 0.3 is 0 Å². The molecule has 0 fully saturated rings. The van der Waals surface area contributed by atoms with Crippen LogP contribution in [0.4, 0.5) is 11.4 Å². The van der Waals surface area contributed by atoms with Gasteiger partial charge < -0.3 is 20.1 Å². The maximum Gasteiger partial charge on any atom is 0.238 e. The van der Waals surface area contributed by atoms with Gasteiger partial charge in [-0.3, -0.25) is 9.59 Å². The van der Waals surface area contributed by atoms with Gasteiger partial charge in [0.15, 0.2) is 0 Å². The molecule has 1 aromatic heterocycles. The van der Waals surface area contributed by atoms with E-state index in [0.29, 0.717) is 24.5 Å². The number of likely N-dealkylation sites (N-methyl/N-ethyl adjacent to an activating group) is 1. The van der Waals surface area contributed by atoms with Gasteiger partial charge in [-0.05, 0) is 52.1 Å². The molecule has 0 radical (unpaired) electrons. The number of fused-ring (bicyclic) bond motifs is 1. The van der Waals surface area contributed by atoms with Gasteiger partial charge in [-0.2, -0.15) is 0 Å². The van der Waals surface area contributed by atoms with Gasteiger partial charge in [0.05, 0.1) is 18.2 Å². The second-order valence-electron chi connectivity index (χ2n) is 8.03. The topological polar surface area (TPSA) is 79.3 Å². The number of hydrogen-bond acceptors (Lipinski definition) is 4. The molecule has 2 atom stereocenters. The molecule has 0 saturated heterocycles. The molecule has 0 bridgehead atoms. The van der Waals surface area contributed by atoms with Crippen molar-refractivity contribution >= 4 is 23.2 Å². The summed E-state index contributed by atoms with van der Waals surface area (Å²) >= 11 is 0. The van der Waals surface area contributed by atoms with Crippen LogP contribution in [0.15, 0.2) is 24.4 Å². The number of benzene rings is 1. The number of carbonyl (C=O) groups excluding carboxylic acids is 2. The van der Waals surface area contributed by atoms with Crippen molar-refractivity contribution in [2.45, 2.75) is 39.7 Å². The second kappa shape index (κ2) is 8.14. The predicted octanol–water partition coefficient (Wildman–Crippen LogP) is 2.76. The molecule has 7 nitrogen and oxygen atoms in total. The minimum Gasteiger partial charge on any atom is -0.334 e. The number of anilines is 2. The molecule has 1 aliphatic heterocycles. The number of nitrogens with zero attached hydrogens (tertiary/aromatic N) is 3. The first-order valence-corrected chi connectivity index (χ1v) is 9.62. The molecule has 1 aromatic carbocycles. The Kier molecular flexibility index (Phi) is 5.84. The zero-order valence-electron chi connectivity index (χ0n) is 17.2. The summed E-state index contributed by atoms with van der Waals surface area (Å²) in [4.78, 5) is 31.3. The van der Waals surface area contributed by atoms with Crippen molar-refractivity contribution in [3.05, 3.63) is 41.5 Å². The lowest BCUT2D eigenvalue weighted by atomic mass is 9.90. The van der Waals surface area contributed by atoms with Gasteiger partial charge in [-0.1, -0.05) is 13.0 Å². The number of amides is 2. The molecule has 150 valence electrons. The fourth-order valence-corrected chi connectivity index (χ4v) is 3.69. The van der Waals surface area contributed by atoms with Crippen molar-refractivity contribution in [1.29, 1.82) is 0 Å². The Labute approximate surface area is 166 Å². The molecule has 2 aromatic rings. The standard InChI is InChI=1S/C21H29N5O2/c1-13-6-7-17(9-18(13)24-19(27)12-25(4)5)23-21(28)16-8-14(2)20-22-15(3)10-26(20)11-16/h6-7,9-10,14,16H,8,11-12H2,1-5H3,(H,23,28)(H,24,27)/t14-,16+/m1/s1. The number of aryl methyl sites for hydroxylation is 2. The van der Waals surface area contributed by atoms with E-state index < -0.39 is 0 Å². The van der Waals surface area contributed by atoms with Crippen LogP contribution < -0.4 is 10.6 Å². The number of rotatable bonds is 5. The molecular formula is C21H29N5O2. The summed E-state index contributed by atoms with van der Waals surface area (Å²) in [7, 11) is 3.70. The fraction of sp³-hybridized carbons (Fsp3) is 0.476. The van der Waals surface area contributed by atoms with E-state index in [1.807, 2.05) is 57.2 Å². The van der Waals surface area contributed by atoms with Crippen LogP contribution in [0.5, 0.6) is 0 Å². The predicted molar refractivity (Wildman–Crippen MR) is 110 cm³/mol. The Hall–Kier alpha value is -2.67. The first-order valence-electron chi connectivity index (χ1n) is 9.62. The van der Waals surface area contributed by atoms with Crippen LogP contribution in [0.25, 0.3) is 0 Å². The largest absolute Gasteiger partial charge is 0.334 e. The normalized spacial score (nSPS) is 18.6. The summed E-state index contributed by atoms with van der Waals surface area (Å²) in [5.74, 6) is 1.11. The van der Waals surface area contributed by atoms with E-state index in [1.165, 1.54) is 0 Å². The lowest BCUT2D eigenvalue weighted by Crippen LogP contribution is -2.32. The average molecular weight is 383 g/mol. The van der Waals surface area contributed by atoms with Crippen LogP contribution in [-0.4, -0.2) is 46.9 Å². The highest BCUT2D eigenvalue weighted by molar-refractivity contribution is 5.96. The SMILES string of the molecule is Cc1cn2c(n1)[C@H](C)C[C@H](C(=O)Nc1ccc(C)c(NC(=O)CN(C)C)c1)C2. The van der Waals surface area contributed by atoms with Crippen LogP contribution >= 0.6 is 0 Å². The fourth-order valence-electron chi connectivity index (χ4n) is 3.69. The highest BCUT2D eigenvalue weighted by atomic mass is 16.2. The molecule has 0 saturated carbocycles. The Bertz CT molecular complexity index is 887. The lowest BCUT2D eigenvalue weighted by molar-refractivity contribution is -0.121. The summed E-state index contributed by atoms with van der Waals surface area (Å²) in [6.07, 6.45) is 2.79. The summed E-state index contributed by atoms with van der Waals surface area (Å²) in [6.45, 7) is 6.98. The van der Waals surface area contributed by atoms with E-state index in [9.17, 15) is 9.59 Å². The molecule has 0 unspecified atom stereocenters. The molecular weight excluding hydrogens is 354 g/mol. The number of carbonyl (C=O) groups is 2. The van der Waals surface area contributed by atoms with Crippen molar-refractivity contribution in [1.82, 2.24) is 14.5 Å². The van der Waals surface area contributed by atoms with Crippen molar-refractivity contribution in [3.8, 4) is 0 Å². The number of aromatic nitrogens is 2. The zero-order valence-corrected chi connectivity index (χ0v) is 17.2. The van der Waals surface area contributed by atoms with Gasteiger partial charge in [0.2, 0.25) is 11.8 Å². The van der Waals surface area contributed by atoms with E-state index in [2.05, 4.69) is 27.1 Å². The van der Waals surface area contributed by atoms with Crippen molar-refractivity contribution < 1.29 is 9.59 Å². The molecule has 3 rings (SSSR count). The van der Waals surface area contributed by atoms with E-state index >= 15 is 0 Å². The monoisotopic (exact) mass is 383 g/mol. The van der Waals surface area contributed by atoms with E-state index in [1.54, 1.807) is 0 Å². The first-order chi connectivity index (χ1) is 13.2. The minimum atomic E-state index is -0.107. The number of nitrogens with one attached hydrogen (secondary N) is 2. The molecule has 2 heterocycles. The Morgan fingerprint density at radius 3 is 2.71 bits per heavy atom. The van der Waals surface area contributed by atoms with Crippen LogP contribution in [0, 0.1) is 19.8 Å². The summed E-state index contributed by atoms with van der Waals surface area (Å²) in [5.41, 5.74) is 3.35. The molecule has 28 heavy (non-hydrogen) atoms. The third kappa shape index (κ3) is 4.59. The van der Waals surface area contributed by atoms with Gasteiger partial charge in [-0.25, -0.2) is 4.98 Å². The molecule has 1 aliphatic rings. The van der Waals surface area contributed by atoms with Crippen molar-refractivity contribution in [3.63, 3.8) is 0 Å². The number of imidazole rings is 1. The summed E-state index contributed by atoms with van der Waals surface area (Å²) in [5, 5.41) is 5.93. The smallest absolute Gasteiger partial charge is 0.238 e. The molecule has 0 spiro atoms. The van der Waals surface area contributed by atoms with Gasteiger partial charge in [-0.15, -0.1) is 0 Å². The van der Waals surface area contributed by atoms with E-state index in [0.717, 1.165) is 23.5 Å². The quantitative estimate of drug-likeness (QED) is 0.832. The molecule has 2 N–H and O–H groups in total. The highest BCUT2D eigenvalue weighted by Gasteiger charge is 2.30. The van der Waals surface area contributed by atoms with Gasteiger partial charge in [0, 0.05) is 30.0 Å². The summed E-state index contributed by atoms with van der Waals surface area (Å²) in [6, 6.07) is 5.59. The molecule has 0 aliphatic carbocycles. The molecule has 2 amide bonds. The Balaban J connectivity index is 1.69. The highest BCUT2D eigenvalue weighted by Crippen LogP contribution is 2.31. The third-order valence-corrected chi connectivity index (χ3v) is 5.03. The zero-order chi connectivity index (χ0) is 20.4. The first kappa shape index (κ1) is 20.1. The van der Waals surface area contributed by atoms with E-state index in [4.69, 9.17) is 0 Å². The lowest BCUT2D eigenvalue weighted by Gasteiger charge is -2.27. The van der Waals surface area contributed by atoms with Crippen molar-refractivity contribution in [2.75, 3.05) is 31.3 Å². The summed E-state index contributed by atoms with van der Waals surface area (Å²) < 4.78 is 2.09. The van der Waals surface area contributed by atoms with E-state index in [-0.39, 0.29) is 23.7 Å². The van der Waals surface area contributed by atoms with Crippen LogP contribution in [0.2, 0.25) is 0 Å². The van der Waals surface area contributed by atoms with Crippen molar-refractivity contribution in [2.24, 2.45) is 5.92 Å². The van der Waals surface area contributed by atoms with Crippen LogP contribution in [0.3, 0.4) is 0 Å². The third-order valence-electron chi connectivity index (χ3n) is 5.03. The Morgan fingerprint density at radius 1 is 1.25 bits per heavy atom. The van der Waals surface area contributed by atoms with Gasteiger partial charge in [0.25, 0.3) is 0 Å². The molecule has 7 heteroatoms. The average Bonchev–Trinajstić information content (AvgIpc) is 2.98. The second-order valence-corrected chi connectivity index (χ2v) is 8.03. The van der Waals surface area contributed by atoms with Crippen LogP contribution in [0.1, 0.15) is 36.3 Å². The van der Waals surface area contributed by atoms with Crippen LogP contribution in [-0.2, 0) is 16.1 Å². The Morgan fingerprint density at radius 2 is 2.00 bits per heavy atom. The minimum absolute atomic E-state index is 0.00160. The number of hydrogen-bond donors (Lipinski definition) is 2. The van der Waals surface area contributed by atoms with Gasteiger partial charge in [0.1, 0.15) is 5.82 Å². The maximum absolute atomic E-state index is 12.9.